The Morgan fingerprint density at radius 2 is 1.78 bits per heavy atom. The highest BCUT2D eigenvalue weighted by molar-refractivity contribution is 7.92. The summed E-state index contributed by atoms with van der Waals surface area (Å²) in [6.07, 6.45) is 3.65. The van der Waals surface area contributed by atoms with Crippen LogP contribution in [0.15, 0.2) is 58.5 Å². The summed E-state index contributed by atoms with van der Waals surface area (Å²) in [6.45, 7) is 8.48. The number of benzene rings is 1. The molecule has 150 valence electrons. The molecule has 2 rings (SSSR count). The van der Waals surface area contributed by atoms with Gasteiger partial charge in [0.25, 0.3) is 0 Å². The number of ether oxygens (including phenoxy) is 2. The van der Waals surface area contributed by atoms with Crippen LogP contribution in [-0.4, -0.2) is 43.9 Å². The zero-order valence-corrected chi connectivity index (χ0v) is 17.3. The Bertz CT molecular complexity index is 770. The van der Waals surface area contributed by atoms with E-state index in [0.717, 1.165) is 5.57 Å². The molecular weight excluding hydrogens is 364 g/mol. The Morgan fingerprint density at radius 3 is 2.33 bits per heavy atom. The van der Waals surface area contributed by atoms with E-state index in [0.29, 0.717) is 31.6 Å². The Morgan fingerprint density at radius 1 is 1.19 bits per heavy atom. The Kier molecular flexibility index (Phi) is 7.40. The molecule has 2 unspecified atom stereocenters. The fourth-order valence-electron chi connectivity index (χ4n) is 3.09. The summed E-state index contributed by atoms with van der Waals surface area (Å²) in [6, 6.07) is 8.25. The normalized spacial score (nSPS) is 19.5. The highest BCUT2D eigenvalue weighted by Gasteiger charge is 2.33. The Balaban J connectivity index is 2.20. The van der Waals surface area contributed by atoms with E-state index in [1.165, 1.54) is 0 Å². The van der Waals surface area contributed by atoms with Crippen LogP contribution in [0.3, 0.4) is 0 Å². The minimum atomic E-state index is -3.71. The van der Waals surface area contributed by atoms with Crippen molar-refractivity contribution in [3.8, 4) is 0 Å². The van der Waals surface area contributed by atoms with E-state index >= 15 is 0 Å². The summed E-state index contributed by atoms with van der Waals surface area (Å²) in [5.41, 5.74) is 1.46. The second kappa shape index (κ2) is 9.15. The van der Waals surface area contributed by atoms with Gasteiger partial charge in [0.15, 0.2) is 15.6 Å². The van der Waals surface area contributed by atoms with Gasteiger partial charge in [0.05, 0.1) is 24.2 Å². The molecule has 0 spiro atoms. The van der Waals surface area contributed by atoms with Crippen LogP contribution in [0.5, 0.6) is 0 Å². The molecule has 1 aliphatic heterocycles. The van der Waals surface area contributed by atoms with Crippen LogP contribution in [0.4, 0.5) is 0 Å². The number of rotatable bonds is 8. The second-order valence-corrected chi connectivity index (χ2v) is 9.43. The SMILES string of the molecule is CC(C)=CC(C(O)/C(C)=C/CCC1(C)OCCO1)S(=O)(=O)c1ccccc1. The van der Waals surface area contributed by atoms with E-state index in [2.05, 4.69) is 0 Å². The number of hydrogen-bond acceptors (Lipinski definition) is 5. The standard InChI is InChI=1S/C21H30O5S/c1-16(2)15-19(27(23,24)18-10-6-5-7-11-18)20(22)17(3)9-8-12-21(4)25-13-14-26-21/h5-7,9-11,15,19-20,22H,8,12-14H2,1-4H3/b17-9+. The third kappa shape index (κ3) is 5.75. The molecule has 0 bridgehead atoms. The lowest BCUT2D eigenvalue weighted by Crippen LogP contribution is -2.34. The monoisotopic (exact) mass is 394 g/mol. The fraction of sp³-hybridized carbons (Fsp3) is 0.524. The van der Waals surface area contributed by atoms with Crippen LogP contribution < -0.4 is 0 Å². The van der Waals surface area contributed by atoms with Crippen LogP contribution in [0.25, 0.3) is 0 Å². The molecule has 0 saturated carbocycles. The molecule has 0 radical (unpaired) electrons. The van der Waals surface area contributed by atoms with E-state index in [4.69, 9.17) is 9.47 Å². The molecule has 1 aromatic rings. The second-order valence-electron chi connectivity index (χ2n) is 7.33. The highest BCUT2D eigenvalue weighted by Crippen LogP contribution is 2.27. The molecule has 6 heteroatoms. The van der Waals surface area contributed by atoms with E-state index < -0.39 is 27.0 Å². The van der Waals surface area contributed by atoms with Crippen molar-refractivity contribution in [1.29, 1.82) is 0 Å². The summed E-state index contributed by atoms with van der Waals surface area (Å²) >= 11 is 0. The maximum atomic E-state index is 13.1. The molecule has 0 amide bonds. The first-order valence-corrected chi connectivity index (χ1v) is 10.8. The molecule has 0 aliphatic carbocycles. The first kappa shape index (κ1) is 21.8. The fourth-order valence-corrected chi connectivity index (χ4v) is 4.95. The van der Waals surface area contributed by atoms with Crippen LogP contribution in [0.2, 0.25) is 0 Å². The van der Waals surface area contributed by atoms with E-state index in [1.54, 1.807) is 43.3 Å². The summed E-state index contributed by atoms with van der Waals surface area (Å²) in [7, 11) is -3.71. The molecule has 1 saturated heterocycles. The Labute approximate surface area is 162 Å². The van der Waals surface area contributed by atoms with Gasteiger partial charge in [0, 0.05) is 6.42 Å². The van der Waals surface area contributed by atoms with Gasteiger partial charge in [-0.05, 0) is 51.8 Å². The van der Waals surface area contributed by atoms with E-state index in [-0.39, 0.29) is 4.90 Å². The van der Waals surface area contributed by atoms with Crippen LogP contribution >= 0.6 is 0 Å². The van der Waals surface area contributed by atoms with Gasteiger partial charge in [0.2, 0.25) is 0 Å². The molecular formula is C21H30O5S. The van der Waals surface area contributed by atoms with Crippen molar-refractivity contribution in [2.75, 3.05) is 13.2 Å². The van der Waals surface area contributed by atoms with Gasteiger partial charge in [-0.2, -0.15) is 0 Å². The van der Waals surface area contributed by atoms with Gasteiger partial charge in [-0.25, -0.2) is 8.42 Å². The first-order valence-electron chi connectivity index (χ1n) is 9.22. The van der Waals surface area contributed by atoms with Gasteiger partial charge < -0.3 is 14.6 Å². The third-order valence-corrected chi connectivity index (χ3v) is 6.71. The van der Waals surface area contributed by atoms with Crippen molar-refractivity contribution in [3.63, 3.8) is 0 Å². The number of hydrogen-bond donors (Lipinski definition) is 1. The van der Waals surface area contributed by atoms with E-state index in [1.807, 2.05) is 26.8 Å². The minimum Gasteiger partial charge on any atom is -0.387 e. The Hall–Kier alpha value is -1.47. The number of allylic oxidation sites excluding steroid dienone is 2. The molecule has 1 fully saturated rings. The van der Waals surface area contributed by atoms with Gasteiger partial charge in [-0.3, -0.25) is 0 Å². The van der Waals surface area contributed by atoms with E-state index in [9.17, 15) is 13.5 Å². The predicted molar refractivity (Wildman–Crippen MR) is 106 cm³/mol. The quantitative estimate of drug-likeness (QED) is 0.682. The zero-order valence-electron chi connectivity index (χ0n) is 16.5. The summed E-state index contributed by atoms with van der Waals surface area (Å²) in [4.78, 5) is 0.208. The van der Waals surface area contributed by atoms with Crippen molar-refractivity contribution >= 4 is 9.84 Å². The average molecular weight is 395 g/mol. The smallest absolute Gasteiger partial charge is 0.187 e. The topological polar surface area (TPSA) is 72.8 Å². The van der Waals surface area contributed by atoms with Crippen LogP contribution in [-0.2, 0) is 19.3 Å². The molecule has 5 nitrogen and oxygen atoms in total. The van der Waals surface area contributed by atoms with Gasteiger partial charge in [-0.15, -0.1) is 0 Å². The van der Waals surface area contributed by atoms with Crippen molar-refractivity contribution < 1.29 is 23.0 Å². The lowest BCUT2D eigenvalue weighted by Gasteiger charge is -2.23. The van der Waals surface area contributed by atoms with Crippen molar-refractivity contribution in [2.45, 2.75) is 62.6 Å². The maximum absolute atomic E-state index is 13.1. The highest BCUT2D eigenvalue weighted by atomic mass is 32.2. The molecule has 27 heavy (non-hydrogen) atoms. The summed E-state index contributed by atoms with van der Waals surface area (Å²) < 4.78 is 37.3. The lowest BCUT2D eigenvalue weighted by molar-refractivity contribution is -0.145. The van der Waals surface area contributed by atoms with Gasteiger partial charge in [0.1, 0.15) is 5.25 Å². The number of aliphatic hydroxyl groups excluding tert-OH is 1. The third-order valence-electron chi connectivity index (χ3n) is 4.67. The number of aliphatic hydroxyl groups is 1. The molecule has 1 aromatic carbocycles. The zero-order chi connectivity index (χ0) is 20.1. The van der Waals surface area contributed by atoms with Gasteiger partial charge in [-0.1, -0.05) is 35.9 Å². The molecule has 1 N–H and O–H groups in total. The largest absolute Gasteiger partial charge is 0.387 e. The van der Waals surface area contributed by atoms with Crippen molar-refractivity contribution in [3.05, 3.63) is 53.6 Å². The van der Waals surface area contributed by atoms with Crippen LogP contribution in [0.1, 0.15) is 40.5 Å². The summed E-state index contributed by atoms with van der Waals surface area (Å²) in [5, 5.41) is 9.79. The molecule has 2 atom stereocenters. The maximum Gasteiger partial charge on any atom is 0.187 e. The molecule has 1 aliphatic rings. The number of sulfone groups is 1. The summed E-state index contributed by atoms with van der Waals surface area (Å²) in [5.74, 6) is -0.600. The van der Waals surface area contributed by atoms with Crippen LogP contribution in [0, 0.1) is 0 Å². The molecule has 0 aromatic heterocycles. The molecule has 1 heterocycles. The van der Waals surface area contributed by atoms with Crippen molar-refractivity contribution in [2.24, 2.45) is 0 Å². The lowest BCUT2D eigenvalue weighted by atomic mass is 10.0. The predicted octanol–water partition coefficient (Wildman–Crippen LogP) is 3.65. The average Bonchev–Trinajstić information content (AvgIpc) is 3.06. The van der Waals surface area contributed by atoms with Gasteiger partial charge >= 0.3 is 0 Å². The minimum absolute atomic E-state index is 0.208. The first-order chi connectivity index (χ1) is 12.7. The van der Waals surface area contributed by atoms with Crippen molar-refractivity contribution in [1.82, 2.24) is 0 Å².